The molecular formula is C33H30BrClN4O4. The molecule has 0 radical (unpaired) electrons. The number of halogens is 2. The minimum atomic E-state index is -0.704. The molecule has 2 aliphatic rings. The van der Waals surface area contributed by atoms with Gasteiger partial charge in [-0.1, -0.05) is 55.3 Å². The summed E-state index contributed by atoms with van der Waals surface area (Å²) in [4.78, 5) is 26.8. The minimum absolute atomic E-state index is 0.0198. The topological polar surface area (TPSA) is 122 Å². The summed E-state index contributed by atoms with van der Waals surface area (Å²) >= 11 is 9.64. The number of rotatable bonds is 6. The summed E-state index contributed by atoms with van der Waals surface area (Å²) in [5, 5.41) is 22.2. The summed E-state index contributed by atoms with van der Waals surface area (Å²) in [5.41, 5.74) is 11.3. The van der Waals surface area contributed by atoms with Crippen LogP contribution in [0, 0.1) is 40.7 Å². The number of carbonyl (C=O) groups is 1. The van der Waals surface area contributed by atoms with Gasteiger partial charge in [0.1, 0.15) is 23.2 Å². The van der Waals surface area contributed by atoms with Crippen LogP contribution in [0.2, 0.25) is 5.02 Å². The van der Waals surface area contributed by atoms with Gasteiger partial charge in [0.2, 0.25) is 0 Å². The summed E-state index contributed by atoms with van der Waals surface area (Å²) in [6.07, 6.45) is 0.766. The van der Waals surface area contributed by atoms with E-state index in [1.54, 1.807) is 11.0 Å². The number of ketones is 1. The molecule has 2 N–H and O–H groups in total. The Morgan fingerprint density at radius 1 is 1.19 bits per heavy atom. The Kier molecular flexibility index (Phi) is 8.12. The van der Waals surface area contributed by atoms with E-state index in [2.05, 4.69) is 22.0 Å². The van der Waals surface area contributed by atoms with Crippen LogP contribution in [0.25, 0.3) is 0 Å². The van der Waals surface area contributed by atoms with Crippen molar-refractivity contribution in [2.45, 2.75) is 53.1 Å². The summed E-state index contributed by atoms with van der Waals surface area (Å²) in [7, 11) is 0. The van der Waals surface area contributed by atoms with Gasteiger partial charge in [-0.25, -0.2) is 0 Å². The molecule has 5 rings (SSSR count). The largest absolute Gasteiger partial charge is 0.488 e. The van der Waals surface area contributed by atoms with Crippen LogP contribution in [-0.4, -0.2) is 10.7 Å². The number of para-hydroxylation sites is 1. The first-order chi connectivity index (χ1) is 20.3. The summed E-state index contributed by atoms with van der Waals surface area (Å²) in [6.45, 7) is 8.21. The van der Waals surface area contributed by atoms with E-state index >= 15 is 0 Å². The fourth-order valence-electron chi connectivity index (χ4n) is 6.03. The molecule has 8 nitrogen and oxygen atoms in total. The lowest BCUT2D eigenvalue weighted by molar-refractivity contribution is -0.384. The lowest BCUT2D eigenvalue weighted by Crippen LogP contribution is -2.42. The molecule has 0 saturated heterocycles. The second-order valence-corrected chi connectivity index (χ2v) is 13.0. The van der Waals surface area contributed by atoms with E-state index in [1.165, 1.54) is 12.1 Å². The van der Waals surface area contributed by atoms with Crippen molar-refractivity contribution in [3.05, 3.63) is 119 Å². The van der Waals surface area contributed by atoms with Gasteiger partial charge >= 0.3 is 0 Å². The molecule has 0 saturated carbocycles. The maximum atomic E-state index is 14.0. The van der Waals surface area contributed by atoms with Crippen LogP contribution in [0.15, 0.2) is 81.7 Å². The van der Waals surface area contributed by atoms with Crippen molar-refractivity contribution in [3.63, 3.8) is 0 Å². The fraction of sp³-hybridized carbons (Fsp3) is 0.273. The Hall–Kier alpha value is -4.13. The highest BCUT2D eigenvalue weighted by Gasteiger charge is 2.45. The highest BCUT2D eigenvalue weighted by atomic mass is 79.9. The Morgan fingerprint density at radius 2 is 1.91 bits per heavy atom. The summed E-state index contributed by atoms with van der Waals surface area (Å²) < 4.78 is 6.98. The number of nitro groups is 1. The standard InChI is InChI=1S/C33H30BrClN4O4/c1-18-11-20(17-43-29-8-6-5-7-24(29)34)19(2)22(12-18)30-23(16-36)32(37)38(21-9-10-25(35)26(13-21)39(41)42)27-14-33(3,4)15-28(40)31(27)30/h5-13,30H,14-15,17,37H2,1-4H3. The average molecular weight is 662 g/mol. The van der Waals surface area contributed by atoms with E-state index in [9.17, 15) is 20.2 Å². The molecule has 220 valence electrons. The molecule has 3 aromatic carbocycles. The highest BCUT2D eigenvalue weighted by Crippen LogP contribution is 2.51. The van der Waals surface area contributed by atoms with Gasteiger partial charge in [0.15, 0.2) is 5.78 Å². The van der Waals surface area contributed by atoms with Gasteiger partial charge in [-0.15, -0.1) is 0 Å². The number of nitro benzene ring substituents is 1. The number of anilines is 1. The summed E-state index contributed by atoms with van der Waals surface area (Å²) in [6, 6.07) is 18.3. The Bertz CT molecular complexity index is 1790. The molecule has 1 aliphatic heterocycles. The monoisotopic (exact) mass is 660 g/mol. The van der Waals surface area contributed by atoms with Gasteiger partial charge in [-0.3, -0.25) is 19.8 Å². The number of nitriles is 1. The van der Waals surface area contributed by atoms with Crippen molar-refractivity contribution in [1.29, 1.82) is 5.26 Å². The first-order valence-corrected chi connectivity index (χ1v) is 14.9. The van der Waals surface area contributed by atoms with E-state index in [-0.39, 0.29) is 34.5 Å². The molecule has 0 fully saturated rings. The van der Waals surface area contributed by atoms with Gasteiger partial charge in [-0.2, -0.15) is 5.26 Å². The quantitative estimate of drug-likeness (QED) is 0.209. The van der Waals surface area contributed by atoms with Crippen molar-refractivity contribution in [2.24, 2.45) is 11.1 Å². The third-order valence-corrected chi connectivity index (χ3v) is 8.97. The first kappa shape index (κ1) is 30.3. The maximum Gasteiger partial charge on any atom is 0.289 e. The zero-order chi connectivity index (χ0) is 31.2. The fourth-order valence-corrected chi connectivity index (χ4v) is 6.61. The van der Waals surface area contributed by atoms with Crippen molar-refractivity contribution >= 4 is 44.7 Å². The van der Waals surface area contributed by atoms with E-state index in [4.69, 9.17) is 22.1 Å². The lowest BCUT2D eigenvalue weighted by Gasteiger charge is -2.44. The summed E-state index contributed by atoms with van der Waals surface area (Å²) in [5.74, 6) is 0.0355. The van der Waals surface area contributed by atoms with Crippen molar-refractivity contribution in [3.8, 4) is 11.8 Å². The normalized spacial score (nSPS) is 17.9. The Labute approximate surface area is 263 Å². The van der Waals surface area contributed by atoms with Crippen LogP contribution >= 0.6 is 27.5 Å². The number of aryl methyl sites for hydroxylation is 1. The molecule has 0 aromatic heterocycles. The predicted octanol–water partition coefficient (Wildman–Crippen LogP) is 8.15. The lowest BCUT2D eigenvalue weighted by atomic mass is 9.68. The van der Waals surface area contributed by atoms with Gasteiger partial charge < -0.3 is 10.5 Å². The third-order valence-electron chi connectivity index (χ3n) is 8.00. The van der Waals surface area contributed by atoms with E-state index < -0.39 is 16.3 Å². The van der Waals surface area contributed by atoms with Crippen LogP contribution in [0.5, 0.6) is 5.75 Å². The second-order valence-electron chi connectivity index (χ2n) is 11.7. The predicted molar refractivity (Wildman–Crippen MR) is 170 cm³/mol. The average Bonchev–Trinajstić information content (AvgIpc) is 2.93. The number of nitrogens with two attached hydrogens (primary N) is 1. The number of allylic oxidation sites excluding steroid dienone is 3. The molecular weight excluding hydrogens is 632 g/mol. The minimum Gasteiger partial charge on any atom is -0.488 e. The molecule has 1 aliphatic carbocycles. The molecule has 1 heterocycles. The molecule has 1 unspecified atom stereocenters. The number of nitrogens with zero attached hydrogens (tertiary/aromatic N) is 3. The molecule has 43 heavy (non-hydrogen) atoms. The Balaban J connectivity index is 1.70. The number of benzene rings is 3. The number of ether oxygens (including phenoxy) is 1. The number of hydrogen-bond acceptors (Lipinski definition) is 7. The van der Waals surface area contributed by atoms with Crippen LogP contribution in [-0.2, 0) is 11.4 Å². The van der Waals surface area contributed by atoms with Crippen molar-refractivity contribution in [2.75, 3.05) is 4.90 Å². The molecule has 3 aromatic rings. The first-order valence-electron chi connectivity index (χ1n) is 13.7. The maximum absolute atomic E-state index is 14.0. The molecule has 0 amide bonds. The van der Waals surface area contributed by atoms with Crippen molar-refractivity contribution < 1.29 is 14.5 Å². The number of Topliss-reactive ketones (excluding diaryl/α,β-unsaturated/α-hetero) is 1. The number of carbonyl (C=O) groups excluding carboxylic acids is 1. The molecule has 1 atom stereocenters. The third kappa shape index (κ3) is 5.65. The SMILES string of the molecule is Cc1cc(COc2ccccc2Br)c(C)c(C2C(C#N)=C(N)N(c3ccc(Cl)c([N+](=O)[O-])c3)C3=C2C(=O)CC(C)(C)C3)c1. The molecule has 0 spiro atoms. The van der Waals surface area contributed by atoms with Gasteiger partial charge in [0.05, 0.1) is 32.6 Å². The van der Waals surface area contributed by atoms with Gasteiger partial charge in [-0.05, 0) is 82.6 Å². The van der Waals surface area contributed by atoms with E-state index in [0.29, 0.717) is 35.5 Å². The van der Waals surface area contributed by atoms with E-state index in [1.807, 2.05) is 64.1 Å². The highest BCUT2D eigenvalue weighted by molar-refractivity contribution is 9.10. The second kappa shape index (κ2) is 11.5. The van der Waals surface area contributed by atoms with Gasteiger partial charge in [0.25, 0.3) is 5.69 Å². The van der Waals surface area contributed by atoms with Crippen molar-refractivity contribution in [1.82, 2.24) is 0 Å². The van der Waals surface area contributed by atoms with Crippen LogP contribution in [0.3, 0.4) is 0 Å². The van der Waals surface area contributed by atoms with Crippen LogP contribution in [0.4, 0.5) is 11.4 Å². The zero-order valence-corrected chi connectivity index (χ0v) is 26.5. The smallest absolute Gasteiger partial charge is 0.289 e. The zero-order valence-electron chi connectivity index (χ0n) is 24.2. The Morgan fingerprint density at radius 3 is 2.58 bits per heavy atom. The number of hydrogen-bond donors (Lipinski definition) is 1. The van der Waals surface area contributed by atoms with Gasteiger partial charge in [0, 0.05) is 23.8 Å². The molecule has 0 bridgehead atoms. The van der Waals surface area contributed by atoms with E-state index in [0.717, 1.165) is 26.7 Å². The van der Waals surface area contributed by atoms with Crippen LogP contribution in [0.1, 0.15) is 54.9 Å². The van der Waals surface area contributed by atoms with Crippen LogP contribution < -0.4 is 15.4 Å². The molecule has 10 heteroatoms.